The highest BCUT2D eigenvalue weighted by Gasteiger charge is 2.02. The molecule has 52 valence electrons. The Morgan fingerprint density at radius 3 is 2.90 bits per heavy atom. The maximum absolute atomic E-state index is 12.3. The van der Waals surface area contributed by atoms with Crippen LogP contribution < -0.4 is 0 Å². The number of hydrogen-bond donors (Lipinski definition) is 0. The van der Waals surface area contributed by atoms with E-state index >= 15 is 0 Å². The van der Waals surface area contributed by atoms with Crippen molar-refractivity contribution in [1.29, 1.82) is 0 Å². The first kappa shape index (κ1) is 7.27. The summed E-state index contributed by atoms with van der Waals surface area (Å²) >= 11 is 3.01. The minimum Gasteiger partial charge on any atom is -0.225 e. The molecule has 0 unspecified atom stereocenters. The van der Waals surface area contributed by atoms with Crippen LogP contribution in [0.5, 0.6) is 0 Å². The molecule has 0 N–H and O–H groups in total. The molecule has 0 amide bonds. The summed E-state index contributed by atoms with van der Waals surface area (Å²) in [6.45, 7) is 0. The minimum absolute atomic E-state index is 0.283. The Morgan fingerprint density at radius 2 is 2.40 bits per heavy atom. The van der Waals surface area contributed by atoms with Gasteiger partial charge in [0, 0.05) is 10.7 Å². The lowest BCUT2D eigenvalue weighted by Crippen LogP contribution is -1.80. The van der Waals surface area contributed by atoms with E-state index in [1.54, 1.807) is 0 Å². The molecule has 1 aromatic heterocycles. The smallest absolute Gasteiger partial charge is 0.225 e. The number of halogens is 2. The molecule has 0 bridgehead atoms. The summed E-state index contributed by atoms with van der Waals surface area (Å²) in [7, 11) is 0. The zero-order valence-electron chi connectivity index (χ0n) is 4.71. The fourth-order valence-electron chi connectivity index (χ4n) is 0.476. The molecule has 5 heteroatoms. The molecule has 3 nitrogen and oxygen atoms in total. The molecule has 0 fully saturated rings. The molecule has 0 aromatic carbocycles. The van der Waals surface area contributed by atoms with Gasteiger partial charge in [-0.3, -0.25) is 0 Å². The third-order valence-corrected chi connectivity index (χ3v) is 1.32. The van der Waals surface area contributed by atoms with Crippen molar-refractivity contribution in [3.05, 3.63) is 27.6 Å². The first-order valence-corrected chi connectivity index (χ1v) is 3.17. The van der Waals surface area contributed by atoms with E-state index in [1.807, 2.05) is 0 Å². The SMILES string of the molecule is O=Nc1cc(Br)cnc1F. The van der Waals surface area contributed by atoms with Crippen LogP contribution in [0.2, 0.25) is 0 Å². The van der Waals surface area contributed by atoms with Gasteiger partial charge >= 0.3 is 0 Å². The summed E-state index contributed by atoms with van der Waals surface area (Å²) in [5.74, 6) is -0.849. The molecule has 1 rings (SSSR count). The van der Waals surface area contributed by atoms with Crippen LogP contribution in [-0.2, 0) is 0 Å². The summed E-state index contributed by atoms with van der Waals surface area (Å²) in [5, 5.41) is 2.41. The number of pyridine rings is 1. The average molecular weight is 205 g/mol. The summed E-state index contributed by atoms with van der Waals surface area (Å²) in [5.41, 5.74) is -0.283. The average Bonchev–Trinajstić information content (AvgIpc) is 1.94. The van der Waals surface area contributed by atoms with Gasteiger partial charge in [-0.1, -0.05) is 0 Å². The number of hydrogen-bond acceptors (Lipinski definition) is 3. The summed E-state index contributed by atoms with van der Waals surface area (Å²) in [4.78, 5) is 13.1. The van der Waals surface area contributed by atoms with Crippen LogP contribution in [0.15, 0.2) is 21.9 Å². The van der Waals surface area contributed by atoms with Crippen molar-refractivity contribution in [2.24, 2.45) is 5.18 Å². The Kier molecular flexibility index (Phi) is 2.06. The normalized spacial score (nSPS) is 9.40. The lowest BCUT2D eigenvalue weighted by Gasteiger charge is -1.90. The molecule has 0 saturated heterocycles. The zero-order valence-corrected chi connectivity index (χ0v) is 6.30. The molecule has 0 aliphatic carbocycles. The van der Waals surface area contributed by atoms with Crippen molar-refractivity contribution in [2.45, 2.75) is 0 Å². The number of rotatable bonds is 1. The highest BCUT2D eigenvalue weighted by Crippen LogP contribution is 2.19. The molecule has 0 aliphatic heterocycles. The van der Waals surface area contributed by atoms with E-state index in [0.29, 0.717) is 4.47 Å². The predicted octanol–water partition coefficient (Wildman–Crippen LogP) is 2.38. The summed E-state index contributed by atoms with van der Waals surface area (Å²) in [6.07, 6.45) is 1.25. The lowest BCUT2D eigenvalue weighted by molar-refractivity contribution is 0.585. The minimum atomic E-state index is -0.849. The molecule has 10 heavy (non-hydrogen) atoms. The van der Waals surface area contributed by atoms with Gasteiger partial charge in [0.05, 0.1) is 0 Å². The number of nitroso groups, excluding NO2 is 1. The Balaban J connectivity index is 3.21. The topological polar surface area (TPSA) is 42.3 Å². The molecule has 0 aliphatic rings. The maximum Gasteiger partial charge on any atom is 0.242 e. The first-order chi connectivity index (χ1) is 4.74. The van der Waals surface area contributed by atoms with E-state index in [2.05, 4.69) is 26.1 Å². The second-order valence-electron chi connectivity index (χ2n) is 1.55. The van der Waals surface area contributed by atoms with Gasteiger partial charge in [-0.15, -0.1) is 4.91 Å². The Morgan fingerprint density at radius 1 is 1.70 bits per heavy atom. The van der Waals surface area contributed by atoms with E-state index in [1.165, 1.54) is 12.3 Å². The van der Waals surface area contributed by atoms with E-state index in [-0.39, 0.29) is 5.69 Å². The third-order valence-electron chi connectivity index (χ3n) is 0.886. The van der Waals surface area contributed by atoms with E-state index in [4.69, 9.17) is 0 Å². The largest absolute Gasteiger partial charge is 0.242 e. The number of nitrogens with zero attached hydrogens (tertiary/aromatic N) is 2. The Hall–Kier alpha value is -0.840. The van der Waals surface area contributed by atoms with Crippen molar-refractivity contribution in [1.82, 2.24) is 4.98 Å². The second-order valence-corrected chi connectivity index (χ2v) is 2.47. The monoisotopic (exact) mass is 204 g/mol. The maximum atomic E-state index is 12.3. The second kappa shape index (κ2) is 2.83. The van der Waals surface area contributed by atoms with Gasteiger partial charge in [-0.2, -0.15) is 4.39 Å². The predicted molar refractivity (Wildman–Crippen MR) is 37.4 cm³/mol. The van der Waals surface area contributed by atoms with Gasteiger partial charge in [0.25, 0.3) is 0 Å². The number of aromatic nitrogens is 1. The van der Waals surface area contributed by atoms with Crippen molar-refractivity contribution >= 4 is 21.6 Å². The van der Waals surface area contributed by atoms with Crippen LogP contribution >= 0.6 is 15.9 Å². The van der Waals surface area contributed by atoms with Gasteiger partial charge in [-0.05, 0) is 27.2 Å². The van der Waals surface area contributed by atoms with Gasteiger partial charge in [0.2, 0.25) is 5.95 Å². The van der Waals surface area contributed by atoms with Crippen molar-refractivity contribution in [3.8, 4) is 0 Å². The van der Waals surface area contributed by atoms with E-state index < -0.39 is 5.95 Å². The van der Waals surface area contributed by atoms with Gasteiger partial charge in [0.15, 0.2) is 5.69 Å². The van der Waals surface area contributed by atoms with Gasteiger partial charge in [0.1, 0.15) is 0 Å². The van der Waals surface area contributed by atoms with Crippen LogP contribution in [0, 0.1) is 10.9 Å². The van der Waals surface area contributed by atoms with Gasteiger partial charge < -0.3 is 0 Å². The molecular weight excluding hydrogens is 203 g/mol. The standard InChI is InChI=1S/C5H2BrFN2O/c6-3-1-4(9-10)5(7)8-2-3/h1-2H. The molecule has 0 spiro atoms. The first-order valence-electron chi connectivity index (χ1n) is 2.38. The van der Waals surface area contributed by atoms with Gasteiger partial charge in [-0.25, -0.2) is 4.98 Å². The highest BCUT2D eigenvalue weighted by atomic mass is 79.9. The quantitative estimate of drug-likeness (QED) is 0.521. The van der Waals surface area contributed by atoms with Crippen molar-refractivity contribution in [3.63, 3.8) is 0 Å². The van der Waals surface area contributed by atoms with Crippen LogP contribution in [-0.4, -0.2) is 4.98 Å². The van der Waals surface area contributed by atoms with Crippen molar-refractivity contribution in [2.75, 3.05) is 0 Å². The van der Waals surface area contributed by atoms with Crippen LogP contribution in [0.4, 0.5) is 10.1 Å². The lowest BCUT2D eigenvalue weighted by atomic mass is 10.4. The van der Waals surface area contributed by atoms with Crippen LogP contribution in [0.3, 0.4) is 0 Å². The third kappa shape index (κ3) is 1.36. The molecule has 1 aromatic rings. The fraction of sp³-hybridized carbons (Fsp3) is 0. The molecular formula is C5H2BrFN2O. The van der Waals surface area contributed by atoms with Crippen molar-refractivity contribution < 1.29 is 4.39 Å². The highest BCUT2D eigenvalue weighted by molar-refractivity contribution is 9.10. The molecule has 0 atom stereocenters. The summed E-state index contributed by atoms with van der Waals surface area (Å²) < 4.78 is 12.9. The Bertz CT molecular complexity index is 266. The van der Waals surface area contributed by atoms with E-state index in [9.17, 15) is 9.30 Å². The fourth-order valence-corrected chi connectivity index (χ4v) is 0.795. The Labute approximate surface area is 64.4 Å². The molecule has 0 radical (unpaired) electrons. The molecule has 0 saturated carbocycles. The summed E-state index contributed by atoms with van der Waals surface area (Å²) in [6, 6.07) is 1.26. The van der Waals surface area contributed by atoms with Crippen LogP contribution in [0.1, 0.15) is 0 Å². The molecule has 1 heterocycles. The zero-order chi connectivity index (χ0) is 7.56. The van der Waals surface area contributed by atoms with Crippen LogP contribution in [0.25, 0.3) is 0 Å². The van der Waals surface area contributed by atoms with E-state index in [0.717, 1.165) is 0 Å².